The Morgan fingerprint density at radius 2 is 1.82 bits per heavy atom. The first-order valence-electron chi connectivity index (χ1n) is 12.2. The summed E-state index contributed by atoms with van der Waals surface area (Å²) in [4.78, 5) is 42.3. The predicted octanol–water partition coefficient (Wildman–Crippen LogP) is 1.25. The largest absolute Gasteiger partial charge is 0.434 e. The molecule has 1 fully saturated rings. The minimum Gasteiger partial charge on any atom is -0.434 e. The van der Waals surface area contributed by atoms with E-state index in [0.29, 0.717) is 54.3 Å². The molecule has 0 radical (unpaired) electrons. The summed E-state index contributed by atoms with van der Waals surface area (Å²) in [6.45, 7) is 1.98. The molecule has 0 aliphatic carbocycles. The van der Waals surface area contributed by atoms with Crippen LogP contribution in [0.15, 0.2) is 35.4 Å². The van der Waals surface area contributed by atoms with E-state index in [9.17, 15) is 30.0 Å². The Hall–Kier alpha value is -4.33. The Labute approximate surface area is 229 Å². The van der Waals surface area contributed by atoms with Crippen molar-refractivity contribution in [2.75, 3.05) is 24.6 Å². The van der Waals surface area contributed by atoms with Crippen LogP contribution in [0, 0.1) is 22.7 Å². The summed E-state index contributed by atoms with van der Waals surface area (Å²) in [5, 5.41) is 31.6. The van der Waals surface area contributed by atoms with E-state index >= 15 is 0 Å². The quantitative estimate of drug-likeness (QED) is 0.310. The Balaban J connectivity index is 1.88. The Kier molecular flexibility index (Phi) is 10.1. The van der Waals surface area contributed by atoms with Gasteiger partial charge in [-0.2, -0.15) is 10.5 Å². The maximum absolute atomic E-state index is 12.4. The van der Waals surface area contributed by atoms with Gasteiger partial charge in [0.05, 0.1) is 17.7 Å². The van der Waals surface area contributed by atoms with E-state index in [2.05, 4.69) is 22.2 Å². The van der Waals surface area contributed by atoms with Gasteiger partial charge in [-0.3, -0.25) is 9.59 Å². The molecule has 1 aromatic carbocycles. The van der Waals surface area contributed by atoms with Gasteiger partial charge in [-0.25, -0.2) is 9.78 Å². The molecule has 12 nitrogen and oxygen atoms in total. The van der Waals surface area contributed by atoms with Crippen molar-refractivity contribution in [1.29, 1.82) is 10.5 Å². The number of thioether (sulfide) groups is 1. The van der Waals surface area contributed by atoms with E-state index in [-0.39, 0.29) is 17.2 Å². The van der Waals surface area contributed by atoms with Crippen LogP contribution in [0.1, 0.15) is 47.3 Å². The van der Waals surface area contributed by atoms with Gasteiger partial charge in [-0.1, -0.05) is 49.0 Å². The second kappa shape index (κ2) is 13.5. The maximum Gasteiger partial charge on any atom is 0.405 e. The van der Waals surface area contributed by atoms with Crippen molar-refractivity contribution >= 4 is 35.5 Å². The van der Waals surface area contributed by atoms with Crippen LogP contribution in [0.3, 0.4) is 0 Å². The van der Waals surface area contributed by atoms with Gasteiger partial charge in [0.2, 0.25) is 12.0 Å². The molecule has 2 aromatic rings. The van der Waals surface area contributed by atoms with Gasteiger partial charge in [0.1, 0.15) is 28.2 Å². The number of nitrogens with two attached hydrogens (primary N) is 2. The average Bonchev–Trinajstić information content (AvgIpc) is 2.94. The van der Waals surface area contributed by atoms with Gasteiger partial charge < -0.3 is 31.5 Å². The number of primary amides is 2. The number of piperidine rings is 1. The summed E-state index contributed by atoms with van der Waals surface area (Å²) in [5.74, 6) is -0.851. The number of amides is 3. The number of aliphatic hydroxyl groups is 1. The number of carbonyl (C=O) groups excluding carboxylic acids is 3. The van der Waals surface area contributed by atoms with Crippen LogP contribution in [-0.2, 0) is 20.7 Å². The fourth-order valence-corrected chi connectivity index (χ4v) is 5.43. The summed E-state index contributed by atoms with van der Waals surface area (Å²) in [7, 11) is 0. The third-order valence-corrected chi connectivity index (χ3v) is 7.53. The number of nitriles is 2. The van der Waals surface area contributed by atoms with Crippen LogP contribution < -0.4 is 21.7 Å². The highest BCUT2D eigenvalue weighted by atomic mass is 32.2. The van der Waals surface area contributed by atoms with Crippen molar-refractivity contribution in [3.8, 4) is 12.1 Å². The molecule has 39 heavy (non-hydrogen) atoms. The van der Waals surface area contributed by atoms with Crippen molar-refractivity contribution < 1.29 is 24.2 Å². The number of benzene rings is 1. The monoisotopic (exact) mass is 551 g/mol. The molecule has 2 atom stereocenters. The highest BCUT2D eigenvalue weighted by Gasteiger charge is 2.30. The zero-order chi connectivity index (χ0) is 28.5. The maximum atomic E-state index is 12.4. The second-order valence-corrected chi connectivity index (χ2v) is 9.83. The fourth-order valence-electron chi connectivity index (χ4n) is 4.37. The molecule has 13 heteroatoms. The molecule has 0 spiro atoms. The number of aliphatic hydroxyl groups excluding tert-OH is 1. The van der Waals surface area contributed by atoms with Crippen LogP contribution in [0.2, 0.25) is 0 Å². The third kappa shape index (κ3) is 6.96. The molecular formula is C26H29N7O5S. The van der Waals surface area contributed by atoms with Crippen LogP contribution in [-0.4, -0.2) is 59.8 Å². The minimum absolute atomic E-state index is 0.233. The molecule has 3 rings (SSSR count). The molecule has 1 aliphatic rings. The van der Waals surface area contributed by atoms with E-state index in [0.717, 1.165) is 11.8 Å². The average molecular weight is 552 g/mol. The number of nitrogens with one attached hydrogen (secondary N) is 1. The van der Waals surface area contributed by atoms with Crippen molar-refractivity contribution in [1.82, 2.24) is 10.3 Å². The number of aromatic nitrogens is 1. The number of rotatable bonds is 10. The zero-order valence-corrected chi connectivity index (χ0v) is 22.1. The number of nitrogens with zero attached hydrogens (tertiary/aromatic N) is 4. The van der Waals surface area contributed by atoms with E-state index in [4.69, 9.17) is 16.5 Å². The summed E-state index contributed by atoms with van der Waals surface area (Å²) < 4.78 is 4.62. The lowest BCUT2D eigenvalue weighted by Gasteiger charge is -2.34. The molecular weight excluding hydrogens is 522 g/mol. The molecule has 6 N–H and O–H groups in total. The molecule has 1 aliphatic heterocycles. The standard InChI is InChI=1S/C26H29N7O5S/c1-2-17-18(12-27)23(33-10-8-16(9-11-33)31-24(36)20(14-34)38-26(30)37)32-25(19(17)13-28)39-21(22(29)35)15-6-4-3-5-7-15/h3-7,16,20-21,34H,2,8-11,14H2,1H3,(H2,29,35)(H2,30,37)(H,31,36). The van der Waals surface area contributed by atoms with E-state index in [1.165, 1.54) is 0 Å². The van der Waals surface area contributed by atoms with Gasteiger partial charge >= 0.3 is 6.09 Å². The van der Waals surface area contributed by atoms with E-state index in [1.807, 2.05) is 17.9 Å². The Morgan fingerprint density at radius 1 is 1.18 bits per heavy atom. The number of carbonyl (C=O) groups is 3. The van der Waals surface area contributed by atoms with Gasteiger partial charge in [0.25, 0.3) is 5.91 Å². The van der Waals surface area contributed by atoms with Crippen LogP contribution in [0.5, 0.6) is 0 Å². The summed E-state index contributed by atoms with van der Waals surface area (Å²) in [6, 6.07) is 13.0. The third-order valence-electron chi connectivity index (χ3n) is 6.27. The lowest BCUT2D eigenvalue weighted by Crippen LogP contribution is -2.49. The summed E-state index contributed by atoms with van der Waals surface area (Å²) in [5.41, 5.74) is 12.4. The Bertz CT molecular complexity index is 1300. The number of hydrogen-bond donors (Lipinski definition) is 4. The molecule has 0 saturated carbocycles. The number of pyridine rings is 1. The molecule has 2 heterocycles. The van der Waals surface area contributed by atoms with Gasteiger partial charge in [0, 0.05) is 19.1 Å². The second-order valence-electron chi connectivity index (χ2n) is 8.74. The molecule has 0 bridgehead atoms. The SMILES string of the molecule is CCc1c(C#N)c(SC(C(N)=O)c2ccccc2)nc(N2CCC(NC(=O)C(CO)OC(N)=O)CC2)c1C#N. The Morgan fingerprint density at radius 3 is 2.33 bits per heavy atom. The molecule has 204 valence electrons. The first-order chi connectivity index (χ1) is 18.7. The highest BCUT2D eigenvalue weighted by Crippen LogP contribution is 2.39. The first-order valence-corrected chi connectivity index (χ1v) is 13.1. The molecule has 3 amide bonds. The number of anilines is 1. The topological polar surface area (TPSA) is 208 Å². The van der Waals surface area contributed by atoms with Gasteiger partial charge in [0.15, 0.2) is 0 Å². The van der Waals surface area contributed by atoms with Crippen molar-refractivity contribution in [3.63, 3.8) is 0 Å². The smallest absolute Gasteiger partial charge is 0.405 e. The summed E-state index contributed by atoms with van der Waals surface area (Å²) >= 11 is 1.07. The van der Waals surface area contributed by atoms with E-state index < -0.39 is 35.9 Å². The van der Waals surface area contributed by atoms with Crippen LogP contribution in [0.4, 0.5) is 10.6 Å². The van der Waals surface area contributed by atoms with Gasteiger partial charge in [-0.05, 0) is 30.4 Å². The normalized spacial score (nSPS) is 14.9. The van der Waals surface area contributed by atoms with Crippen LogP contribution in [0.25, 0.3) is 0 Å². The number of hydrogen-bond acceptors (Lipinski definition) is 10. The highest BCUT2D eigenvalue weighted by molar-refractivity contribution is 8.00. The number of ether oxygens (including phenoxy) is 1. The summed E-state index contributed by atoms with van der Waals surface area (Å²) in [6.07, 6.45) is -1.21. The molecule has 1 saturated heterocycles. The minimum atomic E-state index is -1.40. The predicted molar refractivity (Wildman–Crippen MR) is 142 cm³/mol. The lowest BCUT2D eigenvalue weighted by molar-refractivity contribution is -0.132. The zero-order valence-electron chi connectivity index (χ0n) is 21.3. The lowest BCUT2D eigenvalue weighted by atomic mass is 9.99. The molecule has 2 unspecified atom stereocenters. The fraction of sp³-hybridized carbons (Fsp3) is 0.385. The van der Waals surface area contributed by atoms with Crippen molar-refractivity contribution in [2.24, 2.45) is 11.5 Å². The van der Waals surface area contributed by atoms with Crippen molar-refractivity contribution in [3.05, 3.63) is 52.6 Å². The van der Waals surface area contributed by atoms with Gasteiger partial charge in [-0.15, -0.1) is 0 Å². The van der Waals surface area contributed by atoms with Crippen LogP contribution >= 0.6 is 11.8 Å². The molecule has 1 aromatic heterocycles. The van der Waals surface area contributed by atoms with Crippen molar-refractivity contribution in [2.45, 2.75) is 48.6 Å². The first kappa shape index (κ1) is 29.2. The van der Waals surface area contributed by atoms with E-state index in [1.54, 1.807) is 24.3 Å².